The molecule has 0 aromatic heterocycles. The molecule has 0 atom stereocenters. The predicted molar refractivity (Wildman–Crippen MR) is 67.5 cm³/mol. The van der Waals surface area contributed by atoms with Crippen LogP contribution in [-0.4, -0.2) is 24.1 Å². The average Bonchev–Trinajstić information content (AvgIpc) is 2.39. The lowest BCUT2D eigenvalue weighted by atomic mass is 9.93. The zero-order chi connectivity index (χ0) is 12.3. The molecule has 2 rings (SSSR count). The average molecular weight is 234 g/mol. The van der Waals surface area contributed by atoms with Crippen molar-refractivity contribution in [1.29, 1.82) is 0 Å². The zero-order valence-electron chi connectivity index (χ0n) is 10.0. The summed E-state index contributed by atoms with van der Waals surface area (Å²) in [5.41, 5.74) is 3.93. The third-order valence-electron chi connectivity index (χ3n) is 3.44. The van der Waals surface area contributed by atoms with Crippen LogP contribution in [0, 0.1) is 5.92 Å². The van der Waals surface area contributed by atoms with E-state index in [4.69, 9.17) is 5.21 Å². The van der Waals surface area contributed by atoms with Gasteiger partial charge in [0, 0.05) is 19.0 Å². The van der Waals surface area contributed by atoms with Gasteiger partial charge in [-0.2, -0.15) is 0 Å². The minimum atomic E-state index is 0.209. The highest BCUT2D eigenvalue weighted by atomic mass is 16.5. The maximum atomic E-state index is 11.3. The lowest BCUT2D eigenvalue weighted by Crippen LogP contribution is -2.36. The van der Waals surface area contributed by atoms with E-state index in [1.807, 2.05) is 24.3 Å². The summed E-state index contributed by atoms with van der Waals surface area (Å²) in [4.78, 5) is 13.5. The van der Waals surface area contributed by atoms with Gasteiger partial charge in [-0.1, -0.05) is 12.1 Å². The third-order valence-corrected chi connectivity index (χ3v) is 3.44. The van der Waals surface area contributed by atoms with Crippen molar-refractivity contribution >= 4 is 17.2 Å². The number of nitrogens with zero attached hydrogens (tertiary/aromatic N) is 1. The van der Waals surface area contributed by atoms with Gasteiger partial charge in [-0.3, -0.25) is 15.5 Å². The van der Waals surface area contributed by atoms with E-state index in [0.717, 1.165) is 31.6 Å². The van der Waals surface area contributed by atoms with E-state index < -0.39 is 0 Å². The molecule has 0 saturated carbocycles. The molecule has 0 aliphatic carbocycles. The smallest absolute Gasteiger partial charge is 0.133 e. The number of benzene rings is 1. The number of hydrogen-bond donors (Lipinski definition) is 2. The van der Waals surface area contributed by atoms with E-state index in [0.29, 0.717) is 11.5 Å². The van der Waals surface area contributed by atoms with Gasteiger partial charge in [-0.15, -0.1) is 0 Å². The quantitative estimate of drug-likeness (QED) is 0.788. The van der Waals surface area contributed by atoms with Crippen molar-refractivity contribution in [2.45, 2.75) is 19.8 Å². The first kappa shape index (κ1) is 11.9. The van der Waals surface area contributed by atoms with Crippen molar-refractivity contribution in [1.82, 2.24) is 0 Å². The largest absolute Gasteiger partial charge is 0.370 e. The summed E-state index contributed by atoms with van der Waals surface area (Å²) in [5.74, 6) is 0.499. The van der Waals surface area contributed by atoms with Crippen LogP contribution in [0.15, 0.2) is 24.3 Å². The number of rotatable bonds is 3. The molecule has 0 amide bonds. The summed E-state index contributed by atoms with van der Waals surface area (Å²) < 4.78 is 0. The first-order valence-corrected chi connectivity index (χ1v) is 5.97. The fourth-order valence-electron chi connectivity index (χ4n) is 2.37. The van der Waals surface area contributed by atoms with Crippen LogP contribution in [0.3, 0.4) is 0 Å². The van der Waals surface area contributed by atoms with Crippen LogP contribution in [0.25, 0.3) is 0 Å². The van der Waals surface area contributed by atoms with Gasteiger partial charge in [0.2, 0.25) is 0 Å². The highest BCUT2D eigenvalue weighted by Crippen LogP contribution is 2.29. The first-order valence-electron chi connectivity index (χ1n) is 5.97. The number of para-hydroxylation sites is 2. The molecular formula is C13H18N2O2. The summed E-state index contributed by atoms with van der Waals surface area (Å²) in [6, 6.07) is 7.65. The third kappa shape index (κ3) is 2.58. The Morgan fingerprint density at radius 3 is 2.59 bits per heavy atom. The maximum Gasteiger partial charge on any atom is 0.133 e. The Morgan fingerprint density at radius 1 is 1.35 bits per heavy atom. The molecule has 1 aromatic rings. The van der Waals surface area contributed by atoms with E-state index in [-0.39, 0.29) is 5.92 Å². The van der Waals surface area contributed by atoms with Crippen molar-refractivity contribution in [2.75, 3.05) is 23.5 Å². The number of hydrogen-bond acceptors (Lipinski definition) is 4. The second-order valence-corrected chi connectivity index (χ2v) is 4.50. The number of Topliss-reactive ketones (excluding diaryl/α,β-unsaturated/α-hetero) is 1. The molecule has 0 radical (unpaired) electrons. The molecular weight excluding hydrogens is 216 g/mol. The highest BCUT2D eigenvalue weighted by Gasteiger charge is 2.23. The predicted octanol–water partition coefficient (Wildman–Crippen LogP) is 2.29. The summed E-state index contributed by atoms with van der Waals surface area (Å²) in [7, 11) is 0. The maximum absolute atomic E-state index is 11.3. The molecule has 1 fully saturated rings. The van der Waals surface area contributed by atoms with Gasteiger partial charge < -0.3 is 4.90 Å². The monoisotopic (exact) mass is 234 g/mol. The molecule has 1 saturated heterocycles. The van der Waals surface area contributed by atoms with Crippen LogP contribution in [0.1, 0.15) is 19.8 Å². The molecule has 17 heavy (non-hydrogen) atoms. The van der Waals surface area contributed by atoms with Gasteiger partial charge in [0.25, 0.3) is 0 Å². The highest BCUT2D eigenvalue weighted by molar-refractivity contribution is 5.79. The van der Waals surface area contributed by atoms with E-state index in [2.05, 4.69) is 10.4 Å². The normalized spacial score (nSPS) is 16.9. The second kappa shape index (κ2) is 5.19. The Morgan fingerprint density at radius 2 is 2.00 bits per heavy atom. The Kier molecular flexibility index (Phi) is 3.64. The lowest BCUT2D eigenvalue weighted by Gasteiger charge is -2.33. The number of carbonyl (C=O) groups is 1. The van der Waals surface area contributed by atoms with Gasteiger partial charge in [0.15, 0.2) is 0 Å². The molecule has 0 unspecified atom stereocenters. The first-order chi connectivity index (χ1) is 8.22. The molecule has 2 N–H and O–H groups in total. The minimum absolute atomic E-state index is 0.209. The van der Waals surface area contributed by atoms with Crippen LogP contribution >= 0.6 is 0 Å². The molecule has 1 aromatic carbocycles. The number of carbonyl (C=O) groups excluding carboxylic acids is 1. The van der Waals surface area contributed by atoms with E-state index in [9.17, 15) is 4.79 Å². The second-order valence-electron chi connectivity index (χ2n) is 4.50. The Bertz CT molecular complexity index is 398. The molecule has 1 aliphatic rings. The Labute approximate surface area is 101 Å². The molecule has 92 valence electrons. The van der Waals surface area contributed by atoms with Crippen molar-refractivity contribution in [3.63, 3.8) is 0 Å². The van der Waals surface area contributed by atoms with Crippen LogP contribution in [0.4, 0.5) is 11.4 Å². The van der Waals surface area contributed by atoms with Crippen molar-refractivity contribution in [3.05, 3.63) is 24.3 Å². The molecule has 4 nitrogen and oxygen atoms in total. The van der Waals surface area contributed by atoms with Crippen LogP contribution < -0.4 is 10.4 Å². The summed E-state index contributed by atoms with van der Waals surface area (Å²) in [6.07, 6.45) is 1.80. The number of nitrogens with one attached hydrogen (secondary N) is 1. The van der Waals surface area contributed by atoms with Gasteiger partial charge in [-0.25, -0.2) is 0 Å². The molecule has 1 heterocycles. The van der Waals surface area contributed by atoms with Gasteiger partial charge in [-0.05, 0) is 31.9 Å². The van der Waals surface area contributed by atoms with Crippen molar-refractivity contribution in [2.24, 2.45) is 5.92 Å². The standard InChI is InChI=1S/C13H18N2O2/c1-10(16)11-6-8-15(9-7-11)13-5-3-2-4-12(13)14-17/h2-5,11,14,17H,6-9H2,1H3. The van der Waals surface area contributed by atoms with Crippen molar-refractivity contribution < 1.29 is 10.0 Å². The lowest BCUT2D eigenvalue weighted by molar-refractivity contribution is -0.121. The van der Waals surface area contributed by atoms with Crippen molar-refractivity contribution in [3.8, 4) is 0 Å². The van der Waals surface area contributed by atoms with E-state index in [1.165, 1.54) is 0 Å². The van der Waals surface area contributed by atoms with Gasteiger partial charge >= 0.3 is 0 Å². The fourth-order valence-corrected chi connectivity index (χ4v) is 2.37. The molecule has 4 heteroatoms. The molecule has 0 spiro atoms. The molecule has 1 aliphatic heterocycles. The number of piperidine rings is 1. The minimum Gasteiger partial charge on any atom is -0.370 e. The summed E-state index contributed by atoms with van der Waals surface area (Å²) in [6.45, 7) is 3.40. The number of ketones is 1. The summed E-state index contributed by atoms with van der Waals surface area (Å²) in [5, 5.41) is 9.06. The topological polar surface area (TPSA) is 52.6 Å². The van der Waals surface area contributed by atoms with E-state index in [1.54, 1.807) is 6.92 Å². The van der Waals surface area contributed by atoms with Crippen LogP contribution in [0.5, 0.6) is 0 Å². The molecule has 0 bridgehead atoms. The van der Waals surface area contributed by atoms with Gasteiger partial charge in [0.05, 0.1) is 11.4 Å². The SMILES string of the molecule is CC(=O)C1CCN(c2ccccc2NO)CC1. The number of anilines is 2. The van der Waals surface area contributed by atoms with Crippen LogP contribution in [0.2, 0.25) is 0 Å². The van der Waals surface area contributed by atoms with Gasteiger partial charge in [0.1, 0.15) is 5.78 Å². The summed E-state index contributed by atoms with van der Waals surface area (Å²) >= 11 is 0. The Hall–Kier alpha value is -1.55. The van der Waals surface area contributed by atoms with Crippen LogP contribution in [-0.2, 0) is 4.79 Å². The van der Waals surface area contributed by atoms with E-state index >= 15 is 0 Å². The fraction of sp³-hybridized carbons (Fsp3) is 0.462. The zero-order valence-corrected chi connectivity index (χ0v) is 10.0. The Balaban J connectivity index is 2.07.